The smallest absolute Gasteiger partial charge is 0.108 e. The highest BCUT2D eigenvalue weighted by Crippen LogP contribution is 2.45. The lowest BCUT2D eigenvalue weighted by atomic mass is 10.0. The van der Waals surface area contributed by atoms with Crippen molar-refractivity contribution in [3.05, 3.63) is 34.3 Å². The lowest BCUT2D eigenvalue weighted by Crippen LogP contribution is -2.19. The van der Waals surface area contributed by atoms with E-state index in [0.717, 1.165) is 10.0 Å². The van der Waals surface area contributed by atoms with Crippen molar-refractivity contribution in [3.63, 3.8) is 0 Å². The molecule has 13 heavy (non-hydrogen) atoms. The van der Waals surface area contributed by atoms with Gasteiger partial charge in [-0.05, 0) is 30.5 Å². The van der Waals surface area contributed by atoms with Gasteiger partial charge in [-0.3, -0.25) is 0 Å². The molecule has 0 radical (unpaired) electrons. The first-order valence-corrected chi connectivity index (χ1v) is 5.07. The fourth-order valence-electron chi connectivity index (χ4n) is 1.36. The molecule has 70 valence electrons. The van der Waals surface area contributed by atoms with Crippen LogP contribution >= 0.6 is 15.9 Å². The van der Waals surface area contributed by atoms with Crippen molar-refractivity contribution in [1.82, 2.24) is 0 Å². The maximum absolute atomic E-state index is 9.75. The average Bonchev–Trinajstić information content (AvgIpc) is 2.85. The van der Waals surface area contributed by atoms with Crippen LogP contribution in [0.25, 0.3) is 0 Å². The molecule has 0 aromatic heterocycles. The SMILES string of the molecule is O[C@@H](c1ccc(Br)cc1)C1(O)CC1. The molecule has 1 aliphatic rings. The van der Waals surface area contributed by atoms with Gasteiger partial charge in [0.25, 0.3) is 0 Å². The Morgan fingerprint density at radius 3 is 2.23 bits per heavy atom. The van der Waals surface area contributed by atoms with Gasteiger partial charge in [0, 0.05) is 4.47 Å². The summed E-state index contributed by atoms with van der Waals surface area (Å²) < 4.78 is 0.978. The molecular weight excluding hydrogens is 232 g/mol. The maximum Gasteiger partial charge on any atom is 0.108 e. The Bertz CT molecular complexity index is 303. The molecule has 1 atom stereocenters. The highest BCUT2D eigenvalue weighted by atomic mass is 79.9. The lowest BCUT2D eigenvalue weighted by molar-refractivity contribution is -0.00173. The second-order valence-electron chi connectivity index (χ2n) is 3.56. The molecule has 2 N–H and O–H groups in total. The largest absolute Gasteiger partial charge is 0.387 e. The van der Waals surface area contributed by atoms with Crippen molar-refractivity contribution < 1.29 is 10.2 Å². The molecule has 0 unspecified atom stereocenters. The summed E-state index contributed by atoms with van der Waals surface area (Å²) in [6.07, 6.45) is 0.662. The van der Waals surface area contributed by atoms with E-state index in [4.69, 9.17) is 0 Å². The topological polar surface area (TPSA) is 40.5 Å². The van der Waals surface area contributed by atoms with Gasteiger partial charge < -0.3 is 10.2 Å². The van der Waals surface area contributed by atoms with Crippen LogP contribution in [0.3, 0.4) is 0 Å². The molecular formula is C10H11BrO2. The summed E-state index contributed by atoms with van der Waals surface area (Å²) in [4.78, 5) is 0. The number of halogens is 1. The standard InChI is InChI=1S/C10H11BrO2/c11-8-3-1-7(2-4-8)9(12)10(13)5-6-10/h1-4,9,12-13H,5-6H2/t9-/m0/s1. The van der Waals surface area contributed by atoms with Crippen LogP contribution in [0.1, 0.15) is 24.5 Å². The average molecular weight is 243 g/mol. The van der Waals surface area contributed by atoms with Gasteiger partial charge in [0.2, 0.25) is 0 Å². The molecule has 2 nitrogen and oxygen atoms in total. The van der Waals surface area contributed by atoms with Crippen LogP contribution in [0, 0.1) is 0 Å². The molecule has 0 saturated heterocycles. The van der Waals surface area contributed by atoms with E-state index in [1.165, 1.54) is 0 Å². The third kappa shape index (κ3) is 1.77. The molecule has 1 aromatic carbocycles. The summed E-state index contributed by atoms with van der Waals surface area (Å²) in [5, 5.41) is 19.4. The molecule has 2 rings (SSSR count). The van der Waals surface area contributed by atoms with Crippen LogP contribution in [-0.2, 0) is 0 Å². The second-order valence-corrected chi connectivity index (χ2v) is 4.47. The lowest BCUT2D eigenvalue weighted by Gasteiger charge is -2.16. The summed E-state index contributed by atoms with van der Waals surface area (Å²) in [5.41, 5.74) is -0.0726. The van der Waals surface area contributed by atoms with Gasteiger partial charge in [0.15, 0.2) is 0 Å². The maximum atomic E-state index is 9.75. The molecule has 0 aliphatic heterocycles. The number of hydrogen-bond donors (Lipinski definition) is 2. The predicted octanol–water partition coefficient (Wildman–Crippen LogP) is 2.01. The monoisotopic (exact) mass is 242 g/mol. The molecule has 3 heteroatoms. The van der Waals surface area contributed by atoms with Crippen LogP contribution in [0.15, 0.2) is 28.7 Å². The first-order valence-electron chi connectivity index (χ1n) is 4.28. The first kappa shape index (κ1) is 9.19. The third-order valence-corrected chi connectivity index (χ3v) is 2.99. The summed E-state index contributed by atoms with van der Waals surface area (Å²) in [7, 11) is 0. The van der Waals surface area contributed by atoms with Crippen molar-refractivity contribution in [2.24, 2.45) is 0 Å². The Kier molecular flexibility index (Phi) is 2.18. The van der Waals surface area contributed by atoms with Crippen LogP contribution < -0.4 is 0 Å². The summed E-state index contributed by atoms with van der Waals surface area (Å²) in [6, 6.07) is 7.38. The normalized spacial score (nSPS) is 21.2. The number of aliphatic hydroxyl groups excluding tert-OH is 1. The van der Waals surface area contributed by atoms with Gasteiger partial charge in [0.1, 0.15) is 6.10 Å². The van der Waals surface area contributed by atoms with Crippen molar-refractivity contribution in [2.75, 3.05) is 0 Å². The van der Waals surface area contributed by atoms with Crippen molar-refractivity contribution in [1.29, 1.82) is 0 Å². The summed E-state index contributed by atoms with van der Waals surface area (Å²) in [6.45, 7) is 0. The fraction of sp³-hybridized carbons (Fsp3) is 0.400. The number of benzene rings is 1. The molecule has 1 saturated carbocycles. The Morgan fingerprint density at radius 2 is 1.77 bits per heavy atom. The molecule has 0 bridgehead atoms. The van der Waals surface area contributed by atoms with Gasteiger partial charge in [-0.25, -0.2) is 0 Å². The Morgan fingerprint density at radius 1 is 1.23 bits per heavy atom. The van der Waals surface area contributed by atoms with Gasteiger partial charge >= 0.3 is 0 Å². The molecule has 1 aliphatic carbocycles. The van der Waals surface area contributed by atoms with E-state index in [0.29, 0.717) is 12.8 Å². The van der Waals surface area contributed by atoms with E-state index < -0.39 is 11.7 Å². The number of hydrogen-bond acceptors (Lipinski definition) is 2. The minimum atomic E-state index is -0.853. The zero-order chi connectivity index (χ0) is 9.47. The highest BCUT2D eigenvalue weighted by molar-refractivity contribution is 9.10. The molecule has 0 amide bonds. The predicted molar refractivity (Wildman–Crippen MR) is 53.3 cm³/mol. The van der Waals surface area contributed by atoms with Crippen molar-refractivity contribution in [3.8, 4) is 0 Å². The second kappa shape index (κ2) is 3.08. The minimum absolute atomic E-state index is 0.699. The van der Waals surface area contributed by atoms with Crippen LogP contribution in [0.2, 0.25) is 0 Å². The molecule has 1 aromatic rings. The fourth-order valence-corrected chi connectivity index (χ4v) is 1.62. The van der Waals surface area contributed by atoms with Crippen molar-refractivity contribution in [2.45, 2.75) is 24.5 Å². The summed E-state index contributed by atoms with van der Waals surface area (Å²) >= 11 is 3.32. The van der Waals surface area contributed by atoms with Gasteiger partial charge in [-0.15, -0.1) is 0 Å². The van der Waals surface area contributed by atoms with Crippen LogP contribution in [0.5, 0.6) is 0 Å². The van der Waals surface area contributed by atoms with Gasteiger partial charge in [-0.2, -0.15) is 0 Å². The molecule has 0 heterocycles. The number of rotatable bonds is 2. The van der Waals surface area contributed by atoms with E-state index in [9.17, 15) is 10.2 Å². The first-order chi connectivity index (χ1) is 6.12. The van der Waals surface area contributed by atoms with Gasteiger partial charge in [0.05, 0.1) is 5.60 Å². The summed E-state index contributed by atoms with van der Waals surface area (Å²) in [5.74, 6) is 0. The zero-order valence-electron chi connectivity index (χ0n) is 7.07. The Balaban J connectivity index is 2.20. The third-order valence-electron chi connectivity index (χ3n) is 2.46. The quantitative estimate of drug-likeness (QED) is 0.834. The van der Waals surface area contributed by atoms with E-state index in [1.807, 2.05) is 24.3 Å². The van der Waals surface area contributed by atoms with E-state index in [-0.39, 0.29) is 0 Å². The van der Waals surface area contributed by atoms with Crippen LogP contribution in [-0.4, -0.2) is 15.8 Å². The Labute approximate surface area is 85.3 Å². The van der Waals surface area contributed by atoms with Gasteiger partial charge in [-0.1, -0.05) is 28.1 Å². The highest BCUT2D eigenvalue weighted by Gasteiger charge is 2.47. The van der Waals surface area contributed by atoms with E-state index in [2.05, 4.69) is 15.9 Å². The minimum Gasteiger partial charge on any atom is -0.387 e. The molecule has 0 spiro atoms. The molecule has 1 fully saturated rings. The number of aliphatic hydroxyl groups is 2. The van der Waals surface area contributed by atoms with Crippen LogP contribution in [0.4, 0.5) is 0 Å². The van der Waals surface area contributed by atoms with E-state index in [1.54, 1.807) is 0 Å². The zero-order valence-corrected chi connectivity index (χ0v) is 8.66. The van der Waals surface area contributed by atoms with E-state index >= 15 is 0 Å². The van der Waals surface area contributed by atoms with Crippen molar-refractivity contribution >= 4 is 15.9 Å². The Hall–Kier alpha value is -0.380.